The average molecular weight is 325 g/mol. The highest BCUT2D eigenvalue weighted by Crippen LogP contribution is 2.31. The summed E-state index contributed by atoms with van der Waals surface area (Å²) in [5.41, 5.74) is 1.71. The summed E-state index contributed by atoms with van der Waals surface area (Å²) >= 11 is 0. The molecule has 0 radical (unpaired) electrons. The molecule has 1 aliphatic heterocycles. The highest BCUT2D eigenvalue weighted by atomic mass is 16.3. The summed E-state index contributed by atoms with van der Waals surface area (Å²) in [6.07, 6.45) is 3.34. The van der Waals surface area contributed by atoms with Gasteiger partial charge in [0.05, 0.1) is 5.69 Å². The Morgan fingerprint density at radius 2 is 1.79 bits per heavy atom. The van der Waals surface area contributed by atoms with Gasteiger partial charge in [-0.1, -0.05) is 6.07 Å². The van der Waals surface area contributed by atoms with Crippen molar-refractivity contribution in [1.29, 1.82) is 0 Å². The SMILES string of the molecule is O=C(C=Cc1ccc(O)c(O)c1)N1C(=O)CCc2cc(O)ccc21. The minimum absolute atomic E-state index is 0.0885. The van der Waals surface area contributed by atoms with Crippen LogP contribution < -0.4 is 4.90 Å². The number of amides is 2. The van der Waals surface area contributed by atoms with Crippen LogP contribution in [0.5, 0.6) is 17.2 Å². The standard InChI is InChI=1S/C18H15NO5/c20-13-4-5-14-12(10-13)3-8-18(24)19(14)17(23)7-2-11-1-6-15(21)16(22)9-11/h1-2,4-7,9-10,20-22H,3,8H2. The molecule has 0 saturated heterocycles. The largest absolute Gasteiger partial charge is 0.508 e. The lowest BCUT2D eigenvalue weighted by molar-refractivity contribution is -0.124. The van der Waals surface area contributed by atoms with Crippen LogP contribution in [-0.2, 0) is 16.0 Å². The summed E-state index contributed by atoms with van der Waals surface area (Å²) < 4.78 is 0. The van der Waals surface area contributed by atoms with Gasteiger partial charge in [-0.3, -0.25) is 9.59 Å². The zero-order valence-electron chi connectivity index (χ0n) is 12.6. The van der Waals surface area contributed by atoms with E-state index in [-0.39, 0.29) is 29.6 Å². The number of anilines is 1. The molecule has 0 unspecified atom stereocenters. The van der Waals surface area contributed by atoms with E-state index in [0.717, 1.165) is 10.5 Å². The first-order chi connectivity index (χ1) is 11.5. The zero-order valence-corrected chi connectivity index (χ0v) is 12.6. The Bertz CT molecular complexity index is 856. The lowest BCUT2D eigenvalue weighted by atomic mass is 10.0. The molecule has 0 aromatic heterocycles. The second-order valence-electron chi connectivity index (χ2n) is 5.46. The van der Waals surface area contributed by atoms with E-state index in [1.807, 2.05) is 0 Å². The predicted octanol–water partition coefficient (Wildman–Crippen LogP) is 2.32. The molecule has 1 heterocycles. The molecule has 0 aliphatic carbocycles. The van der Waals surface area contributed by atoms with Gasteiger partial charge in [-0.25, -0.2) is 4.90 Å². The average Bonchev–Trinajstić information content (AvgIpc) is 2.55. The van der Waals surface area contributed by atoms with Crippen LogP contribution >= 0.6 is 0 Å². The molecule has 6 nitrogen and oxygen atoms in total. The molecule has 0 spiro atoms. The van der Waals surface area contributed by atoms with Gasteiger partial charge in [0, 0.05) is 12.5 Å². The third kappa shape index (κ3) is 2.94. The monoisotopic (exact) mass is 325 g/mol. The summed E-state index contributed by atoms with van der Waals surface area (Å²) in [7, 11) is 0. The second-order valence-corrected chi connectivity index (χ2v) is 5.46. The van der Waals surface area contributed by atoms with E-state index >= 15 is 0 Å². The number of phenolic OH excluding ortho intramolecular Hbond substituents is 3. The van der Waals surface area contributed by atoms with Crippen LogP contribution in [-0.4, -0.2) is 27.1 Å². The molecule has 24 heavy (non-hydrogen) atoms. The van der Waals surface area contributed by atoms with Crippen LogP contribution in [0, 0.1) is 0 Å². The molecular formula is C18H15NO5. The van der Waals surface area contributed by atoms with Crippen LogP contribution in [0.4, 0.5) is 5.69 Å². The number of benzene rings is 2. The summed E-state index contributed by atoms with van der Waals surface area (Å²) in [5, 5.41) is 28.3. The fourth-order valence-corrected chi connectivity index (χ4v) is 2.61. The van der Waals surface area contributed by atoms with E-state index in [2.05, 4.69) is 0 Å². The predicted molar refractivity (Wildman–Crippen MR) is 87.7 cm³/mol. The molecule has 1 aliphatic rings. The van der Waals surface area contributed by atoms with Crippen molar-refractivity contribution >= 4 is 23.6 Å². The number of phenols is 3. The number of rotatable bonds is 2. The number of nitrogens with zero attached hydrogens (tertiary/aromatic N) is 1. The van der Waals surface area contributed by atoms with Crippen molar-refractivity contribution in [2.75, 3.05) is 4.90 Å². The van der Waals surface area contributed by atoms with Gasteiger partial charge in [-0.2, -0.15) is 0 Å². The van der Waals surface area contributed by atoms with E-state index in [1.165, 1.54) is 36.4 Å². The molecule has 122 valence electrons. The molecule has 3 rings (SSSR count). The first-order valence-electron chi connectivity index (χ1n) is 7.34. The Morgan fingerprint density at radius 1 is 1.00 bits per heavy atom. The highest BCUT2D eigenvalue weighted by Gasteiger charge is 2.28. The molecule has 0 saturated carbocycles. The first kappa shape index (κ1) is 15.6. The van der Waals surface area contributed by atoms with Crippen molar-refractivity contribution in [2.24, 2.45) is 0 Å². The van der Waals surface area contributed by atoms with E-state index in [9.17, 15) is 24.9 Å². The lowest BCUT2D eigenvalue weighted by Crippen LogP contribution is -2.39. The Kier molecular flexibility index (Phi) is 3.95. The molecular weight excluding hydrogens is 310 g/mol. The minimum atomic E-state index is -0.515. The maximum atomic E-state index is 12.4. The van der Waals surface area contributed by atoms with Crippen molar-refractivity contribution in [3.8, 4) is 17.2 Å². The first-order valence-corrected chi connectivity index (χ1v) is 7.34. The minimum Gasteiger partial charge on any atom is -0.508 e. The van der Waals surface area contributed by atoms with Crippen molar-refractivity contribution in [3.63, 3.8) is 0 Å². The van der Waals surface area contributed by atoms with Gasteiger partial charge in [-0.05, 0) is 54.0 Å². The smallest absolute Gasteiger partial charge is 0.257 e. The number of fused-ring (bicyclic) bond motifs is 1. The van der Waals surface area contributed by atoms with Gasteiger partial charge in [-0.15, -0.1) is 0 Å². The number of hydrogen-bond donors (Lipinski definition) is 3. The van der Waals surface area contributed by atoms with Crippen molar-refractivity contribution < 1.29 is 24.9 Å². The summed E-state index contributed by atoms with van der Waals surface area (Å²) in [6.45, 7) is 0. The van der Waals surface area contributed by atoms with Gasteiger partial charge in [0.25, 0.3) is 5.91 Å². The summed E-state index contributed by atoms with van der Waals surface area (Å²) in [5.74, 6) is -1.28. The summed E-state index contributed by atoms with van der Waals surface area (Å²) in [4.78, 5) is 25.6. The maximum Gasteiger partial charge on any atom is 0.257 e. The summed E-state index contributed by atoms with van der Waals surface area (Å²) in [6, 6.07) is 8.67. The number of carbonyl (C=O) groups excluding carboxylic acids is 2. The molecule has 2 aromatic carbocycles. The molecule has 0 atom stereocenters. The van der Waals surface area contributed by atoms with Gasteiger partial charge >= 0.3 is 0 Å². The van der Waals surface area contributed by atoms with Crippen molar-refractivity contribution in [3.05, 3.63) is 53.6 Å². The van der Waals surface area contributed by atoms with Crippen LogP contribution in [0.3, 0.4) is 0 Å². The topological polar surface area (TPSA) is 98.1 Å². The maximum absolute atomic E-state index is 12.4. The van der Waals surface area contributed by atoms with Crippen LogP contribution in [0.2, 0.25) is 0 Å². The number of aryl methyl sites for hydroxylation is 1. The molecule has 2 amide bonds. The number of hydrogen-bond acceptors (Lipinski definition) is 5. The van der Waals surface area contributed by atoms with Gasteiger partial charge < -0.3 is 15.3 Å². The van der Waals surface area contributed by atoms with Crippen molar-refractivity contribution in [1.82, 2.24) is 0 Å². The van der Waals surface area contributed by atoms with E-state index in [4.69, 9.17) is 0 Å². The third-order valence-corrected chi connectivity index (χ3v) is 3.80. The number of carbonyl (C=O) groups is 2. The number of aromatic hydroxyl groups is 3. The number of imide groups is 1. The van der Waals surface area contributed by atoms with Crippen LogP contribution in [0.1, 0.15) is 17.5 Å². The molecule has 2 aromatic rings. The fraction of sp³-hybridized carbons (Fsp3) is 0.111. The highest BCUT2D eigenvalue weighted by molar-refractivity contribution is 6.21. The quantitative estimate of drug-likeness (QED) is 0.581. The molecule has 6 heteroatoms. The Balaban J connectivity index is 1.88. The van der Waals surface area contributed by atoms with Gasteiger partial charge in [0.2, 0.25) is 5.91 Å². The Labute approximate surface area is 137 Å². The van der Waals surface area contributed by atoms with Gasteiger partial charge in [0.1, 0.15) is 5.75 Å². The lowest BCUT2D eigenvalue weighted by Gasteiger charge is -2.26. The molecule has 0 fully saturated rings. The van der Waals surface area contributed by atoms with E-state index in [1.54, 1.807) is 12.1 Å². The zero-order chi connectivity index (χ0) is 17.3. The Morgan fingerprint density at radius 3 is 2.54 bits per heavy atom. The molecule has 3 N–H and O–H groups in total. The van der Waals surface area contributed by atoms with Gasteiger partial charge in [0.15, 0.2) is 11.5 Å². The molecule has 0 bridgehead atoms. The second kappa shape index (κ2) is 6.08. The third-order valence-electron chi connectivity index (χ3n) is 3.80. The Hall–Kier alpha value is -3.28. The van der Waals surface area contributed by atoms with E-state index in [0.29, 0.717) is 17.7 Å². The van der Waals surface area contributed by atoms with Crippen LogP contribution in [0.25, 0.3) is 6.08 Å². The van der Waals surface area contributed by atoms with Crippen molar-refractivity contribution in [2.45, 2.75) is 12.8 Å². The van der Waals surface area contributed by atoms with Crippen LogP contribution in [0.15, 0.2) is 42.5 Å². The van der Waals surface area contributed by atoms with E-state index < -0.39 is 5.91 Å². The fourth-order valence-electron chi connectivity index (χ4n) is 2.61. The normalized spacial score (nSPS) is 14.0.